The molecule has 0 fully saturated rings. The Bertz CT molecular complexity index is 934. The summed E-state index contributed by atoms with van der Waals surface area (Å²) in [6.07, 6.45) is 0.431. The highest BCUT2D eigenvalue weighted by molar-refractivity contribution is 8.17. The molecule has 0 saturated carbocycles. The van der Waals surface area contributed by atoms with Crippen molar-refractivity contribution >= 4 is 23.5 Å². The minimum absolute atomic E-state index is 0.0906. The first-order valence-electron chi connectivity index (χ1n) is 12.9. The Morgan fingerprint density at radius 3 is 1.31 bits per heavy atom. The Morgan fingerprint density at radius 1 is 0.528 bits per heavy atom. The van der Waals surface area contributed by atoms with Crippen LogP contribution in [0, 0.1) is 0 Å². The molecule has 3 aromatic carbocycles. The van der Waals surface area contributed by atoms with Gasteiger partial charge < -0.3 is 14.2 Å². The van der Waals surface area contributed by atoms with Gasteiger partial charge in [0, 0.05) is 0 Å². The summed E-state index contributed by atoms with van der Waals surface area (Å²) < 4.78 is 20.2. The predicted molar refractivity (Wildman–Crippen MR) is 155 cm³/mol. The quantitative estimate of drug-likeness (QED) is 0.167. The highest BCUT2D eigenvalue weighted by Gasteiger charge is 2.37. The van der Waals surface area contributed by atoms with Crippen LogP contribution in [0.15, 0.2) is 91.0 Å². The van der Waals surface area contributed by atoms with Crippen molar-refractivity contribution in [1.82, 2.24) is 0 Å². The summed E-state index contributed by atoms with van der Waals surface area (Å²) in [6, 6.07) is 31.2. The normalized spacial score (nSPS) is 14.0. The van der Waals surface area contributed by atoms with Crippen LogP contribution in [0.3, 0.4) is 0 Å². The molecule has 5 heteroatoms. The van der Waals surface area contributed by atoms with Crippen molar-refractivity contribution in [3.8, 4) is 0 Å². The zero-order valence-electron chi connectivity index (χ0n) is 21.8. The van der Waals surface area contributed by atoms with Crippen molar-refractivity contribution < 1.29 is 14.2 Å². The molecule has 0 amide bonds. The third kappa shape index (κ3) is 9.60. The summed E-state index contributed by atoms with van der Waals surface area (Å²) in [6.45, 7) is 8.25. The topological polar surface area (TPSA) is 27.7 Å². The van der Waals surface area contributed by atoms with Gasteiger partial charge in [0.25, 0.3) is 0 Å². The minimum atomic E-state index is -0.203. The van der Waals surface area contributed by atoms with Gasteiger partial charge in [0.2, 0.25) is 0 Å². The van der Waals surface area contributed by atoms with Gasteiger partial charge in [-0.25, -0.2) is 0 Å². The first-order valence-corrected chi connectivity index (χ1v) is 15.0. The van der Waals surface area contributed by atoms with E-state index in [9.17, 15) is 0 Å². The van der Waals surface area contributed by atoms with Gasteiger partial charge in [-0.2, -0.15) is 0 Å². The molecule has 3 atom stereocenters. The zero-order valence-corrected chi connectivity index (χ0v) is 23.4. The summed E-state index contributed by atoms with van der Waals surface area (Å²) in [5.41, 5.74) is 3.50. The van der Waals surface area contributed by atoms with E-state index in [1.807, 2.05) is 41.7 Å². The van der Waals surface area contributed by atoms with E-state index in [1.54, 1.807) is 0 Å². The summed E-state index contributed by atoms with van der Waals surface area (Å²) in [5.74, 6) is 2.05. The zero-order chi connectivity index (χ0) is 25.4. The molecule has 0 aliphatic carbocycles. The van der Waals surface area contributed by atoms with Crippen LogP contribution in [0.4, 0.5) is 0 Å². The lowest BCUT2D eigenvalue weighted by atomic mass is 10.1. The Hall–Kier alpha value is -1.76. The number of rotatable bonds is 17. The highest BCUT2D eigenvalue weighted by atomic mass is 32.2. The van der Waals surface area contributed by atoms with Gasteiger partial charge in [-0.1, -0.05) is 112 Å². The average molecular weight is 525 g/mol. The van der Waals surface area contributed by atoms with Gasteiger partial charge >= 0.3 is 0 Å². The molecule has 0 bridgehead atoms. The second-order valence-corrected chi connectivity index (χ2v) is 11.7. The molecule has 0 aliphatic rings. The molecule has 3 rings (SSSR count). The van der Waals surface area contributed by atoms with Crippen molar-refractivity contribution in [1.29, 1.82) is 0 Å². The van der Waals surface area contributed by atoms with E-state index < -0.39 is 0 Å². The third-order valence-electron chi connectivity index (χ3n) is 5.90. The Kier molecular flexibility index (Phi) is 13.5. The third-order valence-corrected chi connectivity index (χ3v) is 8.58. The average Bonchev–Trinajstić information content (AvgIpc) is 2.93. The van der Waals surface area contributed by atoms with Gasteiger partial charge in [0.15, 0.2) is 0 Å². The van der Waals surface area contributed by atoms with Crippen molar-refractivity contribution in [2.24, 2.45) is 0 Å². The van der Waals surface area contributed by atoms with Gasteiger partial charge in [-0.15, -0.1) is 23.5 Å². The number of hydrogen-bond donors (Lipinski definition) is 0. The molecule has 3 aromatic rings. The smallest absolute Gasteiger partial charge is 0.112 e. The molecular formula is C31H40O3S2. The van der Waals surface area contributed by atoms with Crippen LogP contribution < -0.4 is 0 Å². The van der Waals surface area contributed by atoms with Gasteiger partial charge in [0.1, 0.15) is 12.2 Å². The predicted octanol–water partition coefficient (Wildman–Crippen LogP) is 7.98. The molecule has 0 saturated heterocycles. The highest BCUT2D eigenvalue weighted by Crippen LogP contribution is 2.34. The Morgan fingerprint density at radius 2 is 0.917 bits per heavy atom. The van der Waals surface area contributed by atoms with Crippen LogP contribution in [0.25, 0.3) is 0 Å². The van der Waals surface area contributed by atoms with E-state index in [4.69, 9.17) is 14.2 Å². The fourth-order valence-corrected chi connectivity index (χ4v) is 6.77. The molecule has 0 N–H and O–H groups in total. The molecule has 0 aliphatic heterocycles. The molecule has 36 heavy (non-hydrogen) atoms. The Balaban J connectivity index is 1.86. The number of ether oxygens (including phenoxy) is 3. The fraction of sp³-hybridized carbons (Fsp3) is 0.419. The number of hydrogen-bond acceptors (Lipinski definition) is 5. The standard InChI is InChI=1S/C31H40O3S2/c1-4-28(32-22-25-16-10-7-11-17-25)29(33-23-26-18-12-8-13-19-26)30(31(35-5-2)36-6-3)34-24-27-20-14-9-15-21-27/h7-21,28-31H,4-6,22-24H2,1-3H3/t28-,29-,30+/m1/s1. The summed E-state index contributed by atoms with van der Waals surface area (Å²) in [7, 11) is 0. The van der Waals surface area contributed by atoms with E-state index in [0.29, 0.717) is 19.8 Å². The largest absolute Gasteiger partial charge is 0.371 e. The Labute approximate surface area is 226 Å². The first kappa shape index (κ1) is 28.8. The summed E-state index contributed by atoms with van der Waals surface area (Å²) >= 11 is 3.88. The maximum absolute atomic E-state index is 6.73. The molecular weight excluding hydrogens is 484 g/mol. The SMILES string of the molecule is CCSC(SCC)[C@@H](OCc1ccccc1)[C@H](OCc1ccccc1)[C@@H](CC)OCc1ccccc1. The molecule has 194 valence electrons. The lowest BCUT2D eigenvalue weighted by molar-refractivity contribution is -0.147. The monoisotopic (exact) mass is 524 g/mol. The van der Waals surface area contributed by atoms with Crippen LogP contribution >= 0.6 is 23.5 Å². The van der Waals surface area contributed by atoms with Crippen molar-refractivity contribution in [3.63, 3.8) is 0 Å². The number of benzene rings is 3. The minimum Gasteiger partial charge on any atom is -0.371 e. The van der Waals surface area contributed by atoms with Crippen LogP contribution in [0.5, 0.6) is 0 Å². The van der Waals surface area contributed by atoms with E-state index in [1.165, 1.54) is 11.1 Å². The number of thioether (sulfide) groups is 2. The van der Waals surface area contributed by atoms with Crippen molar-refractivity contribution in [2.75, 3.05) is 11.5 Å². The van der Waals surface area contributed by atoms with E-state index in [2.05, 4.69) is 93.6 Å². The lowest BCUT2D eigenvalue weighted by Crippen LogP contribution is -2.46. The second-order valence-electron chi connectivity index (χ2n) is 8.54. The summed E-state index contributed by atoms with van der Waals surface area (Å²) in [5, 5.41) is 0. The molecule has 0 aromatic heterocycles. The fourth-order valence-electron chi connectivity index (χ4n) is 4.06. The van der Waals surface area contributed by atoms with Gasteiger partial charge in [-0.05, 0) is 34.6 Å². The maximum Gasteiger partial charge on any atom is 0.112 e. The molecule has 0 heterocycles. The molecule has 0 unspecified atom stereocenters. The maximum atomic E-state index is 6.73. The lowest BCUT2D eigenvalue weighted by Gasteiger charge is -2.37. The molecule has 0 radical (unpaired) electrons. The van der Waals surface area contributed by atoms with Gasteiger partial charge in [-0.3, -0.25) is 0 Å². The second kappa shape index (κ2) is 16.9. The van der Waals surface area contributed by atoms with E-state index >= 15 is 0 Å². The molecule has 0 spiro atoms. The van der Waals surface area contributed by atoms with Crippen LogP contribution in [-0.2, 0) is 34.0 Å². The van der Waals surface area contributed by atoms with Crippen LogP contribution in [0.1, 0.15) is 43.9 Å². The van der Waals surface area contributed by atoms with Gasteiger partial charge in [0.05, 0.1) is 30.5 Å². The van der Waals surface area contributed by atoms with Crippen molar-refractivity contribution in [3.05, 3.63) is 108 Å². The first-order chi connectivity index (χ1) is 17.7. The van der Waals surface area contributed by atoms with Crippen LogP contribution in [-0.4, -0.2) is 34.4 Å². The van der Waals surface area contributed by atoms with Crippen molar-refractivity contribution in [2.45, 2.75) is 69.9 Å². The van der Waals surface area contributed by atoms with E-state index in [-0.39, 0.29) is 22.9 Å². The molecule has 3 nitrogen and oxygen atoms in total. The van der Waals surface area contributed by atoms with Crippen LogP contribution in [0.2, 0.25) is 0 Å². The van der Waals surface area contributed by atoms with E-state index in [0.717, 1.165) is 23.5 Å². The summed E-state index contributed by atoms with van der Waals surface area (Å²) in [4.78, 5) is 0.